The van der Waals surface area contributed by atoms with Gasteiger partial charge >= 0.3 is 12.0 Å². The van der Waals surface area contributed by atoms with Crippen LogP contribution in [0.4, 0.5) is 13.6 Å². The van der Waals surface area contributed by atoms with Crippen LogP contribution in [0.25, 0.3) is 0 Å². The van der Waals surface area contributed by atoms with Crippen LogP contribution in [0.5, 0.6) is 5.75 Å². The van der Waals surface area contributed by atoms with Gasteiger partial charge in [0.1, 0.15) is 5.82 Å². The Hall–Kier alpha value is -3.20. The van der Waals surface area contributed by atoms with Crippen molar-refractivity contribution in [3.63, 3.8) is 0 Å². The van der Waals surface area contributed by atoms with Crippen LogP contribution in [0, 0.1) is 17.6 Å². The highest BCUT2D eigenvalue weighted by molar-refractivity contribution is 6.30. The molecule has 0 spiro atoms. The first-order valence-corrected chi connectivity index (χ1v) is 13.8. The van der Waals surface area contributed by atoms with Crippen molar-refractivity contribution in [2.45, 2.75) is 63.4 Å². The Morgan fingerprint density at radius 2 is 1.64 bits per heavy atom. The van der Waals surface area contributed by atoms with Gasteiger partial charge in [-0.15, -0.1) is 0 Å². The van der Waals surface area contributed by atoms with Gasteiger partial charge < -0.3 is 20.1 Å². The number of carbonyl (C=O) groups excluding carboxylic acids is 2. The Morgan fingerprint density at radius 3 is 2.28 bits per heavy atom. The van der Waals surface area contributed by atoms with Crippen LogP contribution in [0.15, 0.2) is 36.4 Å². The zero-order valence-electron chi connectivity index (χ0n) is 21.6. The van der Waals surface area contributed by atoms with Gasteiger partial charge in [0.15, 0.2) is 17.3 Å². The fourth-order valence-corrected chi connectivity index (χ4v) is 5.41. The topological polar surface area (TPSA) is 95.9 Å². The van der Waals surface area contributed by atoms with Crippen molar-refractivity contribution in [3.05, 3.63) is 64.2 Å². The summed E-state index contributed by atoms with van der Waals surface area (Å²) in [4.78, 5) is 37.9. The largest absolute Gasteiger partial charge is 0.487 e. The number of carboxylic acids is 1. The van der Waals surface area contributed by atoms with Crippen LogP contribution < -0.4 is 10.1 Å². The first-order valence-electron chi connectivity index (χ1n) is 13.4. The molecule has 10 heteroatoms. The molecule has 1 saturated carbocycles. The van der Waals surface area contributed by atoms with E-state index in [2.05, 4.69) is 5.32 Å². The lowest BCUT2D eigenvalue weighted by Crippen LogP contribution is -2.44. The summed E-state index contributed by atoms with van der Waals surface area (Å²) in [5.74, 6) is -3.47. The lowest BCUT2D eigenvalue weighted by Gasteiger charge is -2.32. The molecular weight excluding hydrogens is 530 g/mol. The smallest absolute Gasteiger partial charge is 0.317 e. The molecule has 1 aliphatic heterocycles. The Bertz CT molecular complexity index is 1180. The number of nitrogens with zero attached hydrogens (tertiary/aromatic N) is 1. The number of Topliss-reactive ketones (excluding diaryl/α,β-unsaturated/α-hetero) is 1. The van der Waals surface area contributed by atoms with E-state index in [1.54, 1.807) is 4.90 Å². The third-order valence-corrected chi connectivity index (χ3v) is 7.87. The normalized spacial score (nSPS) is 19.9. The molecule has 0 aromatic heterocycles. The van der Waals surface area contributed by atoms with Crippen molar-refractivity contribution in [3.8, 4) is 5.75 Å². The van der Waals surface area contributed by atoms with E-state index in [9.17, 15) is 23.2 Å². The van der Waals surface area contributed by atoms with Crippen LogP contribution in [0.3, 0.4) is 0 Å². The maximum atomic E-state index is 14.6. The monoisotopic (exact) mass is 562 g/mol. The number of hydrogen-bond donors (Lipinski definition) is 2. The Labute approximate surface area is 231 Å². The summed E-state index contributed by atoms with van der Waals surface area (Å²) in [5, 5.41) is 12.6. The fraction of sp³-hybridized carbons (Fsp3) is 0.483. The first-order chi connectivity index (χ1) is 18.7. The third-order valence-electron chi connectivity index (χ3n) is 7.62. The number of halogens is 3. The summed E-state index contributed by atoms with van der Waals surface area (Å²) in [6.45, 7) is 1.49. The van der Waals surface area contributed by atoms with E-state index < -0.39 is 35.4 Å². The zero-order chi connectivity index (χ0) is 27.9. The van der Waals surface area contributed by atoms with E-state index in [-0.39, 0.29) is 36.7 Å². The van der Waals surface area contributed by atoms with Gasteiger partial charge in [0, 0.05) is 37.1 Å². The number of aliphatic carboxylic acids is 1. The number of benzene rings is 2. The molecule has 2 aliphatic rings. The highest BCUT2D eigenvalue weighted by Gasteiger charge is 2.28. The molecule has 39 heavy (non-hydrogen) atoms. The van der Waals surface area contributed by atoms with Crippen LogP contribution >= 0.6 is 11.6 Å². The van der Waals surface area contributed by atoms with Crippen molar-refractivity contribution in [2.24, 2.45) is 5.92 Å². The Balaban J connectivity index is 1.18. The minimum atomic E-state index is -0.872. The first kappa shape index (κ1) is 28.8. The summed E-state index contributed by atoms with van der Waals surface area (Å²) >= 11 is 5.96. The summed E-state index contributed by atoms with van der Waals surface area (Å²) in [7, 11) is 0. The molecule has 1 heterocycles. The van der Waals surface area contributed by atoms with Crippen molar-refractivity contribution in [1.29, 1.82) is 0 Å². The molecule has 0 unspecified atom stereocenters. The number of ether oxygens (including phenoxy) is 1. The van der Waals surface area contributed by atoms with Gasteiger partial charge in [0.25, 0.3) is 0 Å². The summed E-state index contributed by atoms with van der Waals surface area (Å²) in [6, 6.07) is 9.30. The number of carbonyl (C=O) groups is 3. The molecule has 7 nitrogen and oxygen atoms in total. The number of ketones is 1. The number of nitrogens with one attached hydrogen (secondary N) is 1. The number of urea groups is 1. The third kappa shape index (κ3) is 7.68. The second-order valence-corrected chi connectivity index (χ2v) is 10.7. The zero-order valence-corrected chi connectivity index (χ0v) is 22.4. The highest BCUT2D eigenvalue weighted by Crippen LogP contribution is 2.31. The molecule has 1 saturated heterocycles. The molecule has 0 bridgehead atoms. The minimum Gasteiger partial charge on any atom is -0.487 e. The quantitative estimate of drug-likeness (QED) is 0.280. The lowest BCUT2D eigenvalue weighted by molar-refractivity contribution is -0.143. The molecule has 0 radical (unpaired) electrons. The van der Waals surface area contributed by atoms with Crippen molar-refractivity contribution in [1.82, 2.24) is 10.2 Å². The van der Waals surface area contributed by atoms with Crippen molar-refractivity contribution < 1.29 is 33.0 Å². The van der Waals surface area contributed by atoms with Crippen molar-refractivity contribution >= 4 is 29.4 Å². The number of carboxylic acid groups (broad SMARTS) is 1. The Kier molecular flexibility index (Phi) is 9.78. The number of rotatable bonds is 9. The van der Waals surface area contributed by atoms with E-state index in [1.165, 1.54) is 5.56 Å². The molecule has 0 atom stereocenters. The fourth-order valence-electron chi connectivity index (χ4n) is 5.28. The SMILES string of the molecule is O=C(CCCNC(=O)N1CCC(c2ccc(Cl)cc2)CC1)c1cc(F)c(OC2CCC(C(=O)O)CC2)cc1F. The van der Waals surface area contributed by atoms with Gasteiger partial charge in [0.05, 0.1) is 17.6 Å². The Morgan fingerprint density at radius 1 is 0.974 bits per heavy atom. The maximum absolute atomic E-state index is 14.6. The van der Waals surface area contributed by atoms with Gasteiger partial charge in [-0.3, -0.25) is 9.59 Å². The van der Waals surface area contributed by atoms with Gasteiger partial charge in [-0.2, -0.15) is 0 Å². The number of hydrogen-bond acceptors (Lipinski definition) is 4. The molecule has 4 rings (SSSR count). The molecule has 1 aliphatic carbocycles. The number of piperidine rings is 1. The summed E-state index contributed by atoms with van der Waals surface area (Å²) in [5.41, 5.74) is 0.856. The van der Waals surface area contributed by atoms with Crippen LogP contribution in [0.2, 0.25) is 5.02 Å². The van der Waals surface area contributed by atoms with Crippen LogP contribution in [-0.4, -0.2) is 53.5 Å². The van der Waals surface area contributed by atoms with Crippen LogP contribution in [0.1, 0.15) is 73.2 Å². The molecule has 2 N–H and O–H groups in total. The molecular formula is C29H33ClF2N2O5. The second kappa shape index (κ2) is 13.2. The predicted octanol–water partition coefficient (Wildman–Crippen LogP) is 6.19. The molecule has 2 amide bonds. The number of likely N-dealkylation sites (tertiary alicyclic amines) is 1. The molecule has 2 aromatic carbocycles. The highest BCUT2D eigenvalue weighted by atomic mass is 35.5. The van der Waals surface area contributed by atoms with E-state index in [0.717, 1.165) is 25.0 Å². The van der Waals surface area contributed by atoms with Gasteiger partial charge in [0.2, 0.25) is 0 Å². The van der Waals surface area contributed by atoms with Crippen molar-refractivity contribution in [2.75, 3.05) is 19.6 Å². The summed E-state index contributed by atoms with van der Waals surface area (Å²) in [6.07, 6.45) is 3.24. The van der Waals surface area contributed by atoms with E-state index >= 15 is 0 Å². The minimum absolute atomic E-state index is 0.0469. The average Bonchev–Trinajstić information content (AvgIpc) is 2.93. The molecule has 2 aromatic rings. The maximum Gasteiger partial charge on any atom is 0.317 e. The molecule has 210 valence electrons. The second-order valence-electron chi connectivity index (χ2n) is 10.3. The average molecular weight is 563 g/mol. The van der Waals surface area contributed by atoms with Gasteiger partial charge in [-0.25, -0.2) is 13.6 Å². The summed E-state index contributed by atoms with van der Waals surface area (Å²) < 4.78 is 34.8. The lowest BCUT2D eigenvalue weighted by atomic mass is 9.87. The van der Waals surface area contributed by atoms with E-state index in [1.807, 2.05) is 24.3 Å². The molecule has 2 fully saturated rings. The van der Waals surface area contributed by atoms with Gasteiger partial charge in [-0.1, -0.05) is 23.7 Å². The van der Waals surface area contributed by atoms with E-state index in [4.69, 9.17) is 21.4 Å². The standard InChI is InChI=1S/C29H33ClF2N2O5/c30-21-7-3-18(4-8-21)19-11-14-34(15-12-19)29(38)33-13-1-2-26(35)23-16-25(32)27(17-24(23)31)39-22-9-5-20(6-10-22)28(36)37/h3-4,7-8,16-17,19-20,22H,1-2,5-6,9-15H2,(H,33,38)(H,36,37). The number of amides is 2. The van der Waals surface area contributed by atoms with Gasteiger partial charge in [-0.05, 0) is 74.6 Å². The predicted molar refractivity (Wildman–Crippen MR) is 142 cm³/mol. The van der Waals surface area contributed by atoms with E-state index in [0.29, 0.717) is 49.7 Å². The van der Waals surface area contributed by atoms with Crippen LogP contribution in [-0.2, 0) is 4.79 Å².